The second-order valence-electron chi connectivity index (χ2n) is 3.18. The molecule has 0 fully saturated rings. The van der Waals surface area contributed by atoms with Crippen molar-refractivity contribution in [3.8, 4) is 0 Å². The lowest BCUT2D eigenvalue weighted by molar-refractivity contribution is -0.124. The molecule has 0 aromatic rings. The maximum Gasteiger partial charge on any atom is 0.227 e. The van der Waals surface area contributed by atoms with Gasteiger partial charge in [-0.3, -0.25) is 4.79 Å². The largest absolute Gasteiger partial charge is 0.330 e. The zero-order chi connectivity index (χ0) is 8.43. The fraction of sp³-hybridized carbons (Fsp3) is 0.667. The van der Waals surface area contributed by atoms with Crippen molar-refractivity contribution in [1.29, 1.82) is 0 Å². The van der Waals surface area contributed by atoms with Gasteiger partial charge in [0.25, 0.3) is 0 Å². The molecule has 1 atom stereocenters. The van der Waals surface area contributed by atoms with Crippen LogP contribution in [0.4, 0.5) is 0 Å². The summed E-state index contributed by atoms with van der Waals surface area (Å²) in [7, 11) is 0. The molecule has 0 radical (unpaired) electrons. The third kappa shape index (κ3) is 1.62. The minimum Gasteiger partial charge on any atom is -0.330 e. The van der Waals surface area contributed by atoms with Crippen molar-refractivity contribution >= 4 is 5.91 Å². The maximum atomic E-state index is 11.1. The van der Waals surface area contributed by atoms with Crippen LogP contribution in [0.15, 0.2) is 11.3 Å². The molecular weight excluding hydrogens is 138 g/mol. The van der Waals surface area contributed by atoms with Crippen molar-refractivity contribution in [3.63, 3.8) is 0 Å². The normalized spacial score (nSPS) is 25.4. The first-order valence-corrected chi connectivity index (χ1v) is 4.14. The summed E-state index contributed by atoms with van der Waals surface area (Å²) in [6.07, 6.45) is 1.99. The van der Waals surface area contributed by atoms with Gasteiger partial charge in [0.2, 0.25) is 5.91 Å². The van der Waals surface area contributed by atoms with Gasteiger partial charge in [0.15, 0.2) is 0 Å². The molecule has 0 aromatic carbocycles. The van der Waals surface area contributed by atoms with Gasteiger partial charge < -0.3 is 5.32 Å². The molecule has 1 unspecified atom stereocenters. The molecule has 1 heterocycles. The van der Waals surface area contributed by atoms with E-state index in [1.165, 1.54) is 5.57 Å². The first kappa shape index (κ1) is 8.31. The van der Waals surface area contributed by atoms with Crippen molar-refractivity contribution in [2.24, 2.45) is 5.92 Å². The van der Waals surface area contributed by atoms with E-state index in [1.54, 1.807) is 0 Å². The second kappa shape index (κ2) is 3.07. The molecule has 2 nitrogen and oxygen atoms in total. The summed E-state index contributed by atoms with van der Waals surface area (Å²) in [6.45, 7) is 6.07. The van der Waals surface area contributed by atoms with Crippen molar-refractivity contribution in [2.45, 2.75) is 33.6 Å². The van der Waals surface area contributed by atoms with Gasteiger partial charge in [0, 0.05) is 11.6 Å². The monoisotopic (exact) mass is 153 g/mol. The SMILES string of the molecule is CCC1=C(C)NC(=O)C(C)C1. The molecule has 2 heteroatoms. The summed E-state index contributed by atoms with van der Waals surface area (Å²) < 4.78 is 0. The Hall–Kier alpha value is -0.790. The number of nitrogens with one attached hydrogen (secondary N) is 1. The summed E-state index contributed by atoms with van der Waals surface area (Å²) in [5, 5.41) is 2.87. The molecule has 0 aliphatic carbocycles. The highest BCUT2D eigenvalue weighted by atomic mass is 16.1. The van der Waals surface area contributed by atoms with Crippen LogP contribution in [0.1, 0.15) is 33.6 Å². The quantitative estimate of drug-likeness (QED) is 0.611. The van der Waals surface area contributed by atoms with Gasteiger partial charge in [-0.1, -0.05) is 19.4 Å². The standard InChI is InChI=1S/C9H15NO/c1-4-8-5-6(2)9(11)10-7(8)3/h6H,4-5H2,1-3H3,(H,10,11). The molecule has 1 N–H and O–H groups in total. The Bertz CT molecular complexity index is 206. The van der Waals surface area contributed by atoms with E-state index < -0.39 is 0 Å². The molecule has 1 rings (SSSR count). The molecule has 0 aromatic heterocycles. The number of carbonyl (C=O) groups excluding carboxylic acids is 1. The van der Waals surface area contributed by atoms with Crippen LogP contribution in [0.5, 0.6) is 0 Å². The van der Waals surface area contributed by atoms with E-state index in [-0.39, 0.29) is 11.8 Å². The van der Waals surface area contributed by atoms with E-state index in [1.807, 2.05) is 13.8 Å². The Morgan fingerprint density at radius 1 is 1.64 bits per heavy atom. The zero-order valence-corrected chi connectivity index (χ0v) is 7.40. The van der Waals surface area contributed by atoms with Gasteiger partial charge in [0.05, 0.1) is 0 Å². The number of amides is 1. The van der Waals surface area contributed by atoms with Crippen molar-refractivity contribution in [2.75, 3.05) is 0 Å². The second-order valence-corrected chi connectivity index (χ2v) is 3.18. The topological polar surface area (TPSA) is 29.1 Å². The van der Waals surface area contributed by atoms with Gasteiger partial charge in [0.1, 0.15) is 0 Å². The van der Waals surface area contributed by atoms with Crippen LogP contribution in [0.3, 0.4) is 0 Å². The van der Waals surface area contributed by atoms with E-state index in [4.69, 9.17) is 0 Å². The number of hydrogen-bond acceptors (Lipinski definition) is 1. The summed E-state index contributed by atoms with van der Waals surface area (Å²) in [5.74, 6) is 0.327. The van der Waals surface area contributed by atoms with Gasteiger partial charge >= 0.3 is 0 Å². The Kier molecular flexibility index (Phi) is 2.32. The van der Waals surface area contributed by atoms with E-state index >= 15 is 0 Å². The average molecular weight is 153 g/mol. The summed E-state index contributed by atoms with van der Waals surface area (Å²) >= 11 is 0. The maximum absolute atomic E-state index is 11.1. The number of carbonyl (C=O) groups is 1. The molecule has 1 aliphatic heterocycles. The Labute approximate surface area is 67.7 Å². The van der Waals surface area contributed by atoms with E-state index in [0.717, 1.165) is 18.5 Å². The summed E-state index contributed by atoms with van der Waals surface area (Å²) in [4.78, 5) is 11.1. The highest BCUT2D eigenvalue weighted by molar-refractivity contribution is 5.81. The highest BCUT2D eigenvalue weighted by Crippen LogP contribution is 2.21. The fourth-order valence-corrected chi connectivity index (χ4v) is 1.42. The third-order valence-electron chi connectivity index (χ3n) is 2.27. The summed E-state index contributed by atoms with van der Waals surface area (Å²) in [5.41, 5.74) is 2.45. The molecule has 1 amide bonds. The highest BCUT2D eigenvalue weighted by Gasteiger charge is 2.20. The van der Waals surface area contributed by atoms with E-state index in [0.29, 0.717) is 0 Å². The molecule has 62 valence electrons. The zero-order valence-electron chi connectivity index (χ0n) is 7.40. The van der Waals surface area contributed by atoms with Crippen LogP contribution in [-0.2, 0) is 4.79 Å². The lowest BCUT2D eigenvalue weighted by Crippen LogP contribution is -2.33. The minimum atomic E-state index is 0.161. The van der Waals surface area contributed by atoms with Crippen LogP contribution >= 0.6 is 0 Å². The van der Waals surface area contributed by atoms with Gasteiger partial charge in [-0.05, 0) is 19.8 Å². The minimum absolute atomic E-state index is 0.161. The van der Waals surface area contributed by atoms with Crippen LogP contribution in [0.25, 0.3) is 0 Å². The Morgan fingerprint density at radius 2 is 2.27 bits per heavy atom. The van der Waals surface area contributed by atoms with Crippen LogP contribution < -0.4 is 5.32 Å². The third-order valence-corrected chi connectivity index (χ3v) is 2.27. The molecule has 0 bridgehead atoms. The van der Waals surface area contributed by atoms with Crippen LogP contribution in [-0.4, -0.2) is 5.91 Å². The van der Waals surface area contributed by atoms with Crippen LogP contribution in [0, 0.1) is 5.92 Å². The Morgan fingerprint density at radius 3 is 2.82 bits per heavy atom. The predicted molar refractivity (Wildman–Crippen MR) is 44.9 cm³/mol. The molecule has 0 saturated heterocycles. The summed E-state index contributed by atoms with van der Waals surface area (Å²) in [6, 6.07) is 0. The van der Waals surface area contributed by atoms with Gasteiger partial charge in [-0.2, -0.15) is 0 Å². The molecule has 0 saturated carbocycles. The van der Waals surface area contributed by atoms with E-state index in [2.05, 4.69) is 12.2 Å². The van der Waals surface area contributed by atoms with Crippen molar-refractivity contribution < 1.29 is 4.79 Å². The average Bonchev–Trinajstić information content (AvgIpc) is 1.97. The lowest BCUT2D eigenvalue weighted by atomic mass is 9.94. The molecule has 11 heavy (non-hydrogen) atoms. The molecule has 1 aliphatic rings. The lowest BCUT2D eigenvalue weighted by Gasteiger charge is -2.22. The number of hydrogen-bond donors (Lipinski definition) is 1. The first-order valence-electron chi connectivity index (χ1n) is 4.14. The van der Waals surface area contributed by atoms with Gasteiger partial charge in [-0.25, -0.2) is 0 Å². The molecule has 0 spiro atoms. The Balaban J connectivity index is 2.79. The number of rotatable bonds is 1. The van der Waals surface area contributed by atoms with Crippen molar-refractivity contribution in [3.05, 3.63) is 11.3 Å². The number of allylic oxidation sites excluding steroid dienone is 2. The van der Waals surface area contributed by atoms with Crippen LogP contribution in [0.2, 0.25) is 0 Å². The smallest absolute Gasteiger partial charge is 0.227 e. The molecular formula is C9H15NO. The first-order chi connectivity index (χ1) is 5.15. The fourth-order valence-electron chi connectivity index (χ4n) is 1.42. The van der Waals surface area contributed by atoms with Crippen molar-refractivity contribution in [1.82, 2.24) is 5.32 Å². The van der Waals surface area contributed by atoms with E-state index in [9.17, 15) is 4.79 Å². The van der Waals surface area contributed by atoms with Gasteiger partial charge in [-0.15, -0.1) is 0 Å². The predicted octanol–water partition coefficient (Wildman–Crippen LogP) is 1.83.